The molecule has 19 heavy (non-hydrogen) atoms. The minimum Gasteiger partial charge on any atom is -0.478 e. The van der Waals surface area contributed by atoms with Crippen molar-refractivity contribution in [2.75, 3.05) is 13.7 Å². The van der Waals surface area contributed by atoms with Crippen LogP contribution in [0.25, 0.3) is 11.0 Å². The van der Waals surface area contributed by atoms with E-state index in [-0.39, 0.29) is 0 Å². The van der Waals surface area contributed by atoms with Crippen molar-refractivity contribution in [3.8, 4) is 0 Å². The number of aryl methyl sites for hydroxylation is 2. The molecule has 0 spiro atoms. The summed E-state index contributed by atoms with van der Waals surface area (Å²) >= 11 is 0. The maximum absolute atomic E-state index is 11.0. The lowest BCUT2D eigenvalue weighted by atomic mass is 10.2. The first-order chi connectivity index (χ1) is 9.13. The summed E-state index contributed by atoms with van der Waals surface area (Å²) in [7, 11) is 1.69. The van der Waals surface area contributed by atoms with Gasteiger partial charge in [-0.2, -0.15) is 0 Å². The number of ether oxygens (including phenoxy) is 1. The molecule has 5 nitrogen and oxygen atoms in total. The van der Waals surface area contributed by atoms with Crippen molar-refractivity contribution in [3.63, 3.8) is 0 Å². The minimum atomic E-state index is -0.910. The van der Waals surface area contributed by atoms with Gasteiger partial charge in [0.15, 0.2) is 0 Å². The molecule has 0 unspecified atom stereocenters. The highest BCUT2D eigenvalue weighted by atomic mass is 16.5. The van der Waals surface area contributed by atoms with Crippen molar-refractivity contribution < 1.29 is 14.6 Å². The maximum atomic E-state index is 11.0. The fourth-order valence-corrected chi connectivity index (χ4v) is 2.17. The number of benzene rings is 1. The number of carboxylic acids is 1. The van der Waals surface area contributed by atoms with Crippen LogP contribution in [0.2, 0.25) is 0 Å². The molecule has 2 rings (SSSR count). The summed E-state index contributed by atoms with van der Waals surface area (Å²) in [5.41, 5.74) is 2.02. The van der Waals surface area contributed by atoms with Crippen LogP contribution in [0.3, 0.4) is 0 Å². The number of hydrogen-bond donors (Lipinski definition) is 1. The van der Waals surface area contributed by atoms with E-state index in [0.29, 0.717) is 5.56 Å². The van der Waals surface area contributed by atoms with Gasteiger partial charge in [-0.3, -0.25) is 0 Å². The van der Waals surface area contributed by atoms with E-state index in [0.717, 1.165) is 42.9 Å². The second kappa shape index (κ2) is 5.84. The Bertz CT molecular complexity index is 590. The summed E-state index contributed by atoms with van der Waals surface area (Å²) in [6, 6.07) is 5.04. The Kier molecular flexibility index (Phi) is 4.16. The van der Waals surface area contributed by atoms with Crippen molar-refractivity contribution >= 4 is 17.0 Å². The first-order valence-corrected chi connectivity index (χ1v) is 6.32. The van der Waals surface area contributed by atoms with Gasteiger partial charge in [-0.05, 0) is 38.0 Å². The van der Waals surface area contributed by atoms with Crippen molar-refractivity contribution in [2.45, 2.75) is 26.3 Å². The normalized spacial score (nSPS) is 11.1. The molecule has 0 aliphatic rings. The SMILES string of the molecule is COCCCCn1c(C)nc2ccc(C(=O)O)cc21. The fraction of sp³-hybridized carbons (Fsp3) is 0.429. The molecule has 0 saturated carbocycles. The van der Waals surface area contributed by atoms with Crippen LogP contribution in [0.5, 0.6) is 0 Å². The maximum Gasteiger partial charge on any atom is 0.335 e. The number of unbranched alkanes of at least 4 members (excludes halogenated alkanes) is 1. The number of fused-ring (bicyclic) bond motifs is 1. The van der Waals surface area contributed by atoms with Crippen molar-refractivity contribution in [2.24, 2.45) is 0 Å². The average molecular weight is 262 g/mol. The van der Waals surface area contributed by atoms with Crippen LogP contribution in [-0.2, 0) is 11.3 Å². The zero-order valence-corrected chi connectivity index (χ0v) is 11.2. The Balaban J connectivity index is 2.28. The molecule has 0 atom stereocenters. The molecule has 1 N–H and O–H groups in total. The van der Waals surface area contributed by atoms with Gasteiger partial charge in [0.1, 0.15) is 5.82 Å². The summed E-state index contributed by atoms with van der Waals surface area (Å²) in [6.45, 7) is 3.51. The lowest BCUT2D eigenvalue weighted by Crippen LogP contribution is -2.03. The third kappa shape index (κ3) is 2.93. The number of carbonyl (C=O) groups is 1. The van der Waals surface area contributed by atoms with E-state index in [1.54, 1.807) is 25.3 Å². The van der Waals surface area contributed by atoms with Gasteiger partial charge in [-0.1, -0.05) is 0 Å². The predicted molar refractivity (Wildman–Crippen MR) is 72.5 cm³/mol. The molecule has 0 bridgehead atoms. The summed E-state index contributed by atoms with van der Waals surface area (Å²) in [6.07, 6.45) is 1.96. The number of nitrogens with zero attached hydrogens (tertiary/aromatic N) is 2. The number of hydrogen-bond acceptors (Lipinski definition) is 3. The molecule has 5 heteroatoms. The lowest BCUT2D eigenvalue weighted by Gasteiger charge is -2.07. The van der Waals surface area contributed by atoms with Crippen LogP contribution in [0.4, 0.5) is 0 Å². The molecule has 0 radical (unpaired) electrons. The molecular weight excluding hydrogens is 244 g/mol. The number of carboxylic acid groups (broad SMARTS) is 1. The van der Waals surface area contributed by atoms with Crippen molar-refractivity contribution in [1.29, 1.82) is 0 Å². The first kappa shape index (κ1) is 13.5. The standard InChI is InChI=1S/C14H18N2O3/c1-10-15-12-6-5-11(14(17)18)9-13(12)16(10)7-3-4-8-19-2/h5-6,9H,3-4,7-8H2,1-2H3,(H,17,18). The molecule has 102 valence electrons. The Hall–Kier alpha value is -1.88. The lowest BCUT2D eigenvalue weighted by molar-refractivity contribution is 0.0697. The molecule has 0 aliphatic carbocycles. The quantitative estimate of drug-likeness (QED) is 0.812. The summed E-state index contributed by atoms with van der Waals surface area (Å²) in [4.78, 5) is 15.5. The minimum absolute atomic E-state index is 0.297. The molecule has 1 aromatic carbocycles. The molecule has 0 saturated heterocycles. The van der Waals surface area contributed by atoms with Crippen LogP contribution in [0.15, 0.2) is 18.2 Å². The summed E-state index contributed by atoms with van der Waals surface area (Å²) in [5.74, 6) is 0.00152. The largest absolute Gasteiger partial charge is 0.478 e. The average Bonchev–Trinajstić information content (AvgIpc) is 2.70. The van der Waals surface area contributed by atoms with Gasteiger partial charge in [0.05, 0.1) is 16.6 Å². The molecule has 1 heterocycles. The number of rotatable bonds is 6. The highest BCUT2D eigenvalue weighted by Gasteiger charge is 2.10. The first-order valence-electron chi connectivity index (χ1n) is 6.32. The second-order valence-corrected chi connectivity index (χ2v) is 4.52. The summed E-state index contributed by atoms with van der Waals surface area (Å²) < 4.78 is 7.09. The Morgan fingerprint density at radius 2 is 2.21 bits per heavy atom. The van der Waals surface area contributed by atoms with E-state index in [9.17, 15) is 4.79 Å². The van der Waals surface area contributed by atoms with Crippen LogP contribution in [-0.4, -0.2) is 34.3 Å². The van der Waals surface area contributed by atoms with Gasteiger partial charge >= 0.3 is 5.97 Å². The zero-order valence-electron chi connectivity index (χ0n) is 11.2. The Morgan fingerprint density at radius 3 is 2.89 bits per heavy atom. The van der Waals surface area contributed by atoms with E-state index >= 15 is 0 Å². The van der Waals surface area contributed by atoms with Gasteiger partial charge in [0, 0.05) is 20.3 Å². The van der Waals surface area contributed by atoms with Gasteiger partial charge < -0.3 is 14.4 Å². The highest BCUT2D eigenvalue weighted by Crippen LogP contribution is 2.18. The zero-order chi connectivity index (χ0) is 13.8. The van der Waals surface area contributed by atoms with Crippen LogP contribution >= 0.6 is 0 Å². The molecule has 0 aliphatic heterocycles. The molecule has 2 aromatic rings. The second-order valence-electron chi connectivity index (χ2n) is 4.52. The van der Waals surface area contributed by atoms with Crippen molar-refractivity contribution in [3.05, 3.63) is 29.6 Å². The van der Waals surface area contributed by atoms with Crippen LogP contribution in [0.1, 0.15) is 29.0 Å². The van der Waals surface area contributed by atoms with E-state index in [2.05, 4.69) is 9.55 Å². The van der Waals surface area contributed by atoms with E-state index < -0.39 is 5.97 Å². The van der Waals surface area contributed by atoms with Crippen molar-refractivity contribution in [1.82, 2.24) is 9.55 Å². The third-order valence-corrected chi connectivity index (χ3v) is 3.17. The van der Waals surface area contributed by atoms with Gasteiger partial charge in [-0.15, -0.1) is 0 Å². The number of aromatic nitrogens is 2. The number of methoxy groups -OCH3 is 1. The molecule has 1 aromatic heterocycles. The fourth-order valence-electron chi connectivity index (χ4n) is 2.17. The molecule has 0 amide bonds. The predicted octanol–water partition coefficient (Wildman–Crippen LogP) is 2.47. The monoisotopic (exact) mass is 262 g/mol. The molecular formula is C14H18N2O3. The van der Waals surface area contributed by atoms with Gasteiger partial charge in [-0.25, -0.2) is 9.78 Å². The summed E-state index contributed by atoms with van der Waals surface area (Å²) in [5, 5.41) is 9.04. The van der Waals surface area contributed by atoms with E-state index in [1.807, 2.05) is 6.92 Å². The Labute approximate surface area is 111 Å². The van der Waals surface area contributed by atoms with Gasteiger partial charge in [0.25, 0.3) is 0 Å². The third-order valence-electron chi connectivity index (χ3n) is 3.17. The van der Waals surface area contributed by atoms with E-state index in [4.69, 9.17) is 9.84 Å². The van der Waals surface area contributed by atoms with E-state index in [1.165, 1.54) is 0 Å². The van der Waals surface area contributed by atoms with Crippen LogP contribution < -0.4 is 0 Å². The highest BCUT2D eigenvalue weighted by molar-refractivity contribution is 5.92. The number of imidazole rings is 1. The van der Waals surface area contributed by atoms with Crippen LogP contribution in [0, 0.1) is 6.92 Å². The smallest absolute Gasteiger partial charge is 0.335 e. The number of aromatic carboxylic acids is 1. The topological polar surface area (TPSA) is 64.4 Å². The van der Waals surface area contributed by atoms with Gasteiger partial charge in [0.2, 0.25) is 0 Å². The Morgan fingerprint density at radius 1 is 1.42 bits per heavy atom. The molecule has 0 fully saturated rings.